The maximum absolute atomic E-state index is 3.20. The molecule has 0 amide bonds. The SMILES string of the molecule is CCCN(CCNC)CCSCC. The molecule has 2 nitrogen and oxygen atoms in total. The topological polar surface area (TPSA) is 15.3 Å². The molecule has 13 heavy (non-hydrogen) atoms. The summed E-state index contributed by atoms with van der Waals surface area (Å²) in [4.78, 5) is 2.54. The van der Waals surface area contributed by atoms with E-state index in [-0.39, 0.29) is 0 Å². The van der Waals surface area contributed by atoms with Crippen LogP contribution in [0.2, 0.25) is 0 Å². The Morgan fingerprint density at radius 2 is 1.92 bits per heavy atom. The monoisotopic (exact) mass is 204 g/mol. The lowest BCUT2D eigenvalue weighted by Gasteiger charge is -2.20. The zero-order valence-electron chi connectivity index (χ0n) is 9.31. The Hall–Kier alpha value is 0.270. The van der Waals surface area contributed by atoms with Crippen LogP contribution >= 0.6 is 11.8 Å². The first-order valence-corrected chi connectivity index (χ1v) is 6.45. The Balaban J connectivity index is 3.41. The minimum atomic E-state index is 1.11. The average Bonchev–Trinajstić information content (AvgIpc) is 2.14. The van der Waals surface area contributed by atoms with Gasteiger partial charge in [0.2, 0.25) is 0 Å². The number of hydrogen-bond acceptors (Lipinski definition) is 3. The third-order valence-corrected chi connectivity index (χ3v) is 2.85. The predicted molar refractivity (Wildman–Crippen MR) is 63.7 cm³/mol. The molecular formula is C10H24N2S. The molecule has 80 valence electrons. The Morgan fingerprint density at radius 3 is 2.46 bits per heavy atom. The fourth-order valence-electron chi connectivity index (χ4n) is 1.26. The molecule has 0 spiro atoms. The standard InChI is InChI=1S/C10H24N2S/c1-4-7-12(8-6-11-3)9-10-13-5-2/h11H,4-10H2,1-3H3. The zero-order valence-corrected chi connectivity index (χ0v) is 10.1. The van der Waals surface area contributed by atoms with E-state index < -0.39 is 0 Å². The van der Waals surface area contributed by atoms with Gasteiger partial charge in [0.05, 0.1) is 0 Å². The van der Waals surface area contributed by atoms with E-state index in [4.69, 9.17) is 0 Å². The molecule has 0 atom stereocenters. The van der Waals surface area contributed by atoms with Gasteiger partial charge in [-0.05, 0) is 25.8 Å². The van der Waals surface area contributed by atoms with Gasteiger partial charge >= 0.3 is 0 Å². The maximum Gasteiger partial charge on any atom is 0.0107 e. The van der Waals surface area contributed by atoms with Gasteiger partial charge < -0.3 is 10.2 Å². The van der Waals surface area contributed by atoms with Gasteiger partial charge in [-0.2, -0.15) is 11.8 Å². The molecular weight excluding hydrogens is 180 g/mol. The van der Waals surface area contributed by atoms with Crippen LogP contribution in [-0.4, -0.2) is 49.6 Å². The van der Waals surface area contributed by atoms with Gasteiger partial charge in [-0.25, -0.2) is 0 Å². The van der Waals surface area contributed by atoms with Crippen LogP contribution in [0.3, 0.4) is 0 Å². The largest absolute Gasteiger partial charge is 0.318 e. The second kappa shape index (κ2) is 10.4. The molecule has 0 aromatic heterocycles. The molecule has 0 aliphatic carbocycles. The van der Waals surface area contributed by atoms with Gasteiger partial charge in [0.1, 0.15) is 0 Å². The molecule has 0 unspecified atom stereocenters. The summed E-state index contributed by atoms with van der Waals surface area (Å²) in [6, 6.07) is 0. The number of nitrogens with one attached hydrogen (secondary N) is 1. The van der Waals surface area contributed by atoms with Crippen LogP contribution in [0.5, 0.6) is 0 Å². The smallest absolute Gasteiger partial charge is 0.0107 e. The third kappa shape index (κ3) is 8.60. The summed E-state index contributed by atoms with van der Waals surface area (Å²) >= 11 is 2.03. The highest BCUT2D eigenvalue weighted by molar-refractivity contribution is 7.99. The van der Waals surface area contributed by atoms with Crippen LogP contribution in [0.4, 0.5) is 0 Å². The second-order valence-corrected chi connectivity index (χ2v) is 4.54. The quantitative estimate of drug-likeness (QED) is 0.575. The summed E-state index contributed by atoms with van der Waals surface area (Å²) < 4.78 is 0. The highest BCUT2D eigenvalue weighted by atomic mass is 32.2. The van der Waals surface area contributed by atoms with Crippen molar-refractivity contribution in [2.45, 2.75) is 20.3 Å². The van der Waals surface area contributed by atoms with E-state index in [0.29, 0.717) is 0 Å². The molecule has 1 N–H and O–H groups in total. The van der Waals surface area contributed by atoms with Crippen molar-refractivity contribution in [3.8, 4) is 0 Å². The summed E-state index contributed by atoms with van der Waals surface area (Å²) in [7, 11) is 2.02. The van der Waals surface area contributed by atoms with Gasteiger partial charge in [0.25, 0.3) is 0 Å². The molecule has 0 saturated carbocycles. The number of likely N-dealkylation sites (N-methyl/N-ethyl adjacent to an activating group) is 1. The van der Waals surface area contributed by atoms with E-state index in [1.165, 1.54) is 37.6 Å². The molecule has 0 aliphatic rings. The first-order chi connectivity index (χ1) is 6.35. The first-order valence-electron chi connectivity index (χ1n) is 5.29. The molecule has 0 saturated heterocycles. The number of rotatable bonds is 9. The summed E-state index contributed by atoms with van der Waals surface area (Å²) in [5.41, 5.74) is 0. The predicted octanol–water partition coefficient (Wildman–Crippen LogP) is 1.67. The van der Waals surface area contributed by atoms with Crippen molar-refractivity contribution < 1.29 is 0 Å². The van der Waals surface area contributed by atoms with Crippen molar-refractivity contribution in [1.29, 1.82) is 0 Å². The number of thioether (sulfide) groups is 1. The summed E-state index contributed by atoms with van der Waals surface area (Å²) in [5.74, 6) is 2.52. The lowest BCUT2D eigenvalue weighted by Crippen LogP contribution is -2.33. The van der Waals surface area contributed by atoms with Crippen molar-refractivity contribution in [2.24, 2.45) is 0 Å². The Bertz CT molecular complexity index is 98.9. The van der Waals surface area contributed by atoms with E-state index in [2.05, 4.69) is 24.1 Å². The van der Waals surface area contributed by atoms with Crippen LogP contribution in [0.25, 0.3) is 0 Å². The Morgan fingerprint density at radius 1 is 1.15 bits per heavy atom. The Kier molecular flexibility index (Phi) is 10.6. The lowest BCUT2D eigenvalue weighted by molar-refractivity contribution is 0.293. The number of hydrogen-bond donors (Lipinski definition) is 1. The fraction of sp³-hybridized carbons (Fsp3) is 1.00. The molecule has 0 bridgehead atoms. The van der Waals surface area contributed by atoms with Crippen molar-refractivity contribution in [3.05, 3.63) is 0 Å². The van der Waals surface area contributed by atoms with Crippen molar-refractivity contribution in [2.75, 3.05) is 44.7 Å². The summed E-state index contributed by atoms with van der Waals surface area (Å²) in [6.07, 6.45) is 1.26. The fourth-order valence-corrected chi connectivity index (χ4v) is 1.94. The molecule has 0 heterocycles. The third-order valence-electron chi connectivity index (χ3n) is 1.97. The maximum atomic E-state index is 3.20. The molecule has 3 heteroatoms. The molecule has 0 radical (unpaired) electrons. The summed E-state index contributed by atoms with van der Waals surface area (Å²) in [5, 5.41) is 3.20. The molecule has 0 rings (SSSR count). The van der Waals surface area contributed by atoms with Crippen LogP contribution < -0.4 is 5.32 Å². The van der Waals surface area contributed by atoms with Gasteiger partial charge in [-0.3, -0.25) is 0 Å². The van der Waals surface area contributed by atoms with Crippen LogP contribution in [-0.2, 0) is 0 Å². The van der Waals surface area contributed by atoms with Crippen molar-refractivity contribution >= 4 is 11.8 Å². The number of nitrogens with zero attached hydrogens (tertiary/aromatic N) is 1. The summed E-state index contributed by atoms with van der Waals surface area (Å²) in [6.45, 7) is 9.26. The zero-order chi connectivity index (χ0) is 9.94. The van der Waals surface area contributed by atoms with Crippen LogP contribution in [0.15, 0.2) is 0 Å². The lowest BCUT2D eigenvalue weighted by atomic mass is 10.4. The van der Waals surface area contributed by atoms with Crippen LogP contribution in [0.1, 0.15) is 20.3 Å². The highest BCUT2D eigenvalue weighted by Crippen LogP contribution is 2.00. The molecule has 0 aliphatic heterocycles. The molecule has 0 fully saturated rings. The van der Waals surface area contributed by atoms with Crippen molar-refractivity contribution in [3.63, 3.8) is 0 Å². The van der Waals surface area contributed by atoms with Crippen molar-refractivity contribution in [1.82, 2.24) is 10.2 Å². The van der Waals surface area contributed by atoms with E-state index in [9.17, 15) is 0 Å². The van der Waals surface area contributed by atoms with E-state index in [1.54, 1.807) is 0 Å². The van der Waals surface area contributed by atoms with E-state index >= 15 is 0 Å². The van der Waals surface area contributed by atoms with E-state index in [0.717, 1.165) is 6.54 Å². The second-order valence-electron chi connectivity index (χ2n) is 3.14. The van der Waals surface area contributed by atoms with Crippen LogP contribution in [0, 0.1) is 0 Å². The highest BCUT2D eigenvalue weighted by Gasteiger charge is 2.01. The van der Waals surface area contributed by atoms with Gasteiger partial charge in [-0.15, -0.1) is 0 Å². The minimum absolute atomic E-state index is 1.11. The molecule has 0 aromatic rings. The van der Waals surface area contributed by atoms with Gasteiger partial charge in [-0.1, -0.05) is 13.8 Å². The van der Waals surface area contributed by atoms with E-state index in [1.807, 2.05) is 18.8 Å². The Labute approximate surface area is 87.5 Å². The van der Waals surface area contributed by atoms with Gasteiger partial charge in [0.15, 0.2) is 0 Å². The average molecular weight is 204 g/mol. The van der Waals surface area contributed by atoms with Gasteiger partial charge in [0, 0.05) is 25.4 Å². The normalized spacial score (nSPS) is 11.1. The molecule has 0 aromatic carbocycles. The minimum Gasteiger partial charge on any atom is -0.318 e. The first kappa shape index (κ1) is 13.3.